The van der Waals surface area contributed by atoms with Crippen molar-refractivity contribution < 1.29 is 65.4 Å². The molecule has 0 rings (SSSR count). The van der Waals surface area contributed by atoms with Gasteiger partial charge in [0.2, 0.25) is 0 Å². The van der Waals surface area contributed by atoms with Gasteiger partial charge in [-0.15, -0.1) is 0 Å². The summed E-state index contributed by atoms with van der Waals surface area (Å²) >= 11 is 0. The van der Waals surface area contributed by atoms with E-state index in [4.69, 9.17) is 0 Å². The molecule has 0 spiro atoms. The molecule has 0 fully saturated rings. The summed E-state index contributed by atoms with van der Waals surface area (Å²) in [5.41, 5.74) is 1.75. The predicted octanol–water partition coefficient (Wildman–Crippen LogP) is 0.559. The van der Waals surface area contributed by atoms with E-state index in [0.29, 0.717) is 0 Å². The molecular formula is C3H2Y2-2. The third kappa shape index (κ3) is 26.7. The molecule has 0 bridgehead atoms. The van der Waals surface area contributed by atoms with Gasteiger partial charge in [0.25, 0.3) is 0 Å². The molecule has 0 aliphatic heterocycles. The zero-order chi connectivity index (χ0) is 2.71. The first kappa shape index (κ1) is 15.9. The molecule has 0 aromatic heterocycles. The maximum absolute atomic E-state index is 4.38. The fourth-order valence-electron chi connectivity index (χ4n) is 0. The first-order valence-corrected chi connectivity index (χ1v) is 0.577. The van der Waals surface area contributed by atoms with Crippen molar-refractivity contribution in [3.63, 3.8) is 0 Å². The zero-order valence-electron chi connectivity index (χ0n) is 2.81. The Morgan fingerprint density at radius 1 is 1.00 bits per heavy atom. The molecule has 0 saturated heterocycles. The summed E-state index contributed by atoms with van der Waals surface area (Å²) in [6, 6.07) is 0. The first-order valence-electron chi connectivity index (χ1n) is 0.577. The number of hydrogen-bond donors (Lipinski definition) is 0. The summed E-state index contributed by atoms with van der Waals surface area (Å²) in [5, 5.41) is 0. The van der Waals surface area contributed by atoms with Gasteiger partial charge >= 0.3 is 0 Å². The molecule has 0 atom stereocenters. The third-order valence-corrected chi connectivity index (χ3v) is 0. The zero-order valence-corrected chi connectivity index (χ0v) is 8.49. The van der Waals surface area contributed by atoms with Crippen LogP contribution in [0.15, 0.2) is 5.73 Å². The van der Waals surface area contributed by atoms with Crippen molar-refractivity contribution in [1.29, 1.82) is 0 Å². The Bertz CT molecular complexity index is 25.9. The van der Waals surface area contributed by atoms with Crippen LogP contribution in [0.25, 0.3) is 0 Å². The van der Waals surface area contributed by atoms with Crippen molar-refractivity contribution in [3.05, 3.63) is 18.9 Å². The van der Waals surface area contributed by atoms with E-state index in [0.717, 1.165) is 0 Å². The minimum atomic E-state index is 0. The van der Waals surface area contributed by atoms with Crippen molar-refractivity contribution in [1.82, 2.24) is 0 Å². The van der Waals surface area contributed by atoms with Gasteiger partial charge in [-0.1, -0.05) is 0 Å². The molecule has 0 saturated carbocycles. The monoisotopic (exact) mass is 216 g/mol. The Kier molecular flexibility index (Phi) is 54.7. The molecule has 22 valence electrons. The fraction of sp³-hybridized carbons (Fsp3) is 0. The van der Waals surface area contributed by atoms with Crippen LogP contribution in [-0.4, -0.2) is 0 Å². The average Bonchev–Trinajstić information content (AvgIpc) is 0.918. The number of hydrogen-bond acceptors (Lipinski definition) is 0. The molecule has 0 unspecified atom stereocenters. The van der Waals surface area contributed by atoms with E-state index >= 15 is 0 Å². The Morgan fingerprint density at radius 2 is 1.00 bits per heavy atom. The van der Waals surface area contributed by atoms with Crippen LogP contribution < -0.4 is 0 Å². The van der Waals surface area contributed by atoms with Gasteiger partial charge in [-0.3, -0.25) is 0 Å². The third-order valence-electron chi connectivity index (χ3n) is 0. The van der Waals surface area contributed by atoms with Gasteiger partial charge in [-0.2, -0.15) is 0 Å². The maximum Gasteiger partial charge on any atom is 0 e. The molecule has 0 aliphatic carbocycles. The minimum Gasteiger partial charge on any atom is -0.567 e. The van der Waals surface area contributed by atoms with E-state index in [9.17, 15) is 0 Å². The second-order valence-corrected chi connectivity index (χ2v) is 0.167. The van der Waals surface area contributed by atoms with E-state index < -0.39 is 0 Å². The maximum atomic E-state index is 4.38. The van der Waals surface area contributed by atoms with Crippen LogP contribution in [0.2, 0.25) is 0 Å². The molecule has 0 aliphatic rings. The van der Waals surface area contributed by atoms with E-state index in [1.165, 1.54) is 0 Å². The minimum absolute atomic E-state index is 0. The summed E-state index contributed by atoms with van der Waals surface area (Å²) in [4.78, 5) is 0. The second kappa shape index (κ2) is 17.2. The summed E-state index contributed by atoms with van der Waals surface area (Å²) in [6.07, 6.45) is 0. The smallest absolute Gasteiger partial charge is 0 e. The largest absolute Gasteiger partial charge is 0.567 e. The van der Waals surface area contributed by atoms with Crippen LogP contribution in [0.3, 0.4) is 0 Å². The SMILES string of the molecule is [CH-]=C=[CH-].[Y].[Y]. The van der Waals surface area contributed by atoms with Crippen molar-refractivity contribution >= 4 is 0 Å². The average molecular weight is 216 g/mol. The predicted molar refractivity (Wildman–Crippen MR) is 12.1 cm³/mol. The quantitative estimate of drug-likeness (QED) is 0.409. The molecule has 0 heterocycles. The van der Waals surface area contributed by atoms with Gasteiger partial charge < -0.3 is 18.9 Å². The van der Waals surface area contributed by atoms with Crippen LogP contribution in [0.5, 0.6) is 0 Å². The summed E-state index contributed by atoms with van der Waals surface area (Å²) < 4.78 is 0. The van der Waals surface area contributed by atoms with E-state index in [2.05, 4.69) is 13.2 Å². The van der Waals surface area contributed by atoms with Crippen molar-refractivity contribution in [3.8, 4) is 0 Å². The Morgan fingerprint density at radius 3 is 1.00 bits per heavy atom. The molecule has 0 aromatic rings. The molecule has 2 heteroatoms. The molecule has 0 N–H and O–H groups in total. The first-order chi connectivity index (χ1) is 1.41. The topological polar surface area (TPSA) is 0 Å². The Labute approximate surface area is 82.9 Å². The van der Waals surface area contributed by atoms with Crippen LogP contribution in [0.1, 0.15) is 0 Å². The van der Waals surface area contributed by atoms with Crippen LogP contribution >= 0.6 is 0 Å². The Balaban J connectivity index is -0.0000000200. The van der Waals surface area contributed by atoms with Gasteiger partial charge in [0, 0.05) is 65.4 Å². The van der Waals surface area contributed by atoms with E-state index in [1.807, 2.05) is 0 Å². The standard InChI is InChI=1S/C3H2.2Y/c1-3-2;;/h1-2H;;/q-2;;. The van der Waals surface area contributed by atoms with Crippen LogP contribution in [-0.2, 0) is 65.4 Å². The molecular weight excluding hydrogens is 214 g/mol. The fourth-order valence-corrected chi connectivity index (χ4v) is 0. The molecule has 0 aromatic carbocycles. The van der Waals surface area contributed by atoms with Gasteiger partial charge in [-0.05, 0) is 0 Å². The normalized spacial score (nSPS) is 1.60. The van der Waals surface area contributed by atoms with Gasteiger partial charge in [0.1, 0.15) is 0 Å². The summed E-state index contributed by atoms with van der Waals surface area (Å²) in [7, 11) is 0. The van der Waals surface area contributed by atoms with Crippen molar-refractivity contribution in [2.24, 2.45) is 0 Å². The summed E-state index contributed by atoms with van der Waals surface area (Å²) in [6.45, 7) is 8.75. The Hall–Kier alpha value is 1.73. The molecule has 5 heavy (non-hydrogen) atoms. The number of rotatable bonds is 0. The van der Waals surface area contributed by atoms with Crippen LogP contribution in [0, 0.1) is 13.2 Å². The van der Waals surface area contributed by atoms with Crippen molar-refractivity contribution in [2.45, 2.75) is 0 Å². The van der Waals surface area contributed by atoms with Crippen molar-refractivity contribution in [2.75, 3.05) is 0 Å². The molecule has 0 amide bonds. The second-order valence-electron chi connectivity index (χ2n) is 0.167. The van der Waals surface area contributed by atoms with E-state index in [1.54, 1.807) is 5.73 Å². The summed E-state index contributed by atoms with van der Waals surface area (Å²) in [5.74, 6) is 0. The van der Waals surface area contributed by atoms with Gasteiger partial charge in [-0.25, -0.2) is 0 Å². The van der Waals surface area contributed by atoms with Gasteiger partial charge in [0.05, 0.1) is 0 Å². The van der Waals surface area contributed by atoms with Crippen LogP contribution in [0.4, 0.5) is 0 Å². The van der Waals surface area contributed by atoms with Gasteiger partial charge in [0.15, 0.2) is 0 Å². The molecule has 2 radical (unpaired) electrons. The molecule has 0 nitrogen and oxygen atoms in total. The van der Waals surface area contributed by atoms with E-state index in [-0.39, 0.29) is 65.4 Å².